The molecule has 0 N–H and O–H groups in total. The summed E-state index contributed by atoms with van der Waals surface area (Å²) in [6.45, 7) is 3.09. The molecule has 0 bridgehead atoms. The second-order valence-corrected chi connectivity index (χ2v) is 8.56. The first-order chi connectivity index (χ1) is 15.1. The lowest BCUT2D eigenvalue weighted by molar-refractivity contribution is 0.132. The van der Waals surface area contributed by atoms with Gasteiger partial charge in [0.2, 0.25) is 0 Å². The number of halogens is 2. The van der Waals surface area contributed by atoms with Crippen molar-refractivity contribution in [2.75, 3.05) is 6.61 Å². The van der Waals surface area contributed by atoms with Crippen LogP contribution in [-0.2, 0) is 18.1 Å². The fraction of sp³-hybridized carbons (Fsp3) is 0.167. The molecule has 0 amide bonds. The largest absolute Gasteiger partial charge is 0.490 e. The van der Waals surface area contributed by atoms with Gasteiger partial charge in [-0.15, -0.1) is 0 Å². The van der Waals surface area contributed by atoms with E-state index in [4.69, 9.17) is 19.6 Å². The molecule has 0 saturated heterocycles. The maximum absolute atomic E-state index is 9.14. The van der Waals surface area contributed by atoms with Crippen molar-refractivity contribution in [3.63, 3.8) is 0 Å². The van der Waals surface area contributed by atoms with Gasteiger partial charge in [0.1, 0.15) is 13.2 Å². The van der Waals surface area contributed by atoms with Gasteiger partial charge in [-0.2, -0.15) is 5.26 Å². The van der Waals surface area contributed by atoms with Crippen molar-refractivity contribution in [3.05, 3.63) is 91.0 Å². The van der Waals surface area contributed by atoms with Crippen molar-refractivity contribution in [1.82, 2.24) is 0 Å². The molecular weight excluding hydrogens is 571 g/mol. The van der Waals surface area contributed by atoms with Crippen LogP contribution in [0.3, 0.4) is 0 Å². The monoisotopic (exact) mass is 590 g/mol. The average Bonchev–Trinajstić information content (AvgIpc) is 2.78. The summed E-state index contributed by atoms with van der Waals surface area (Å²) in [5.74, 6) is 1.26. The Labute approximate surface area is 203 Å². The SMILES string of the molecule is CCOc1cc(/C=N\OCc2ccccc2C#N)cc(Br)c1OCc1ccc(I)cc1. The predicted molar refractivity (Wildman–Crippen MR) is 132 cm³/mol. The van der Waals surface area contributed by atoms with Crippen LogP contribution >= 0.6 is 38.5 Å². The van der Waals surface area contributed by atoms with Crippen LogP contribution < -0.4 is 9.47 Å². The maximum Gasteiger partial charge on any atom is 0.175 e. The molecule has 31 heavy (non-hydrogen) atoms. The highest BCUT2D eigenvalue weighted by molar-refractivity contribution is 14.1. The van der Waals surface area contributed by atoms with Crippen molar-refractivity contribution in [2.24, 2.45) is 5.16 Å². The molecule has 0 aliphatic carbocycles. The molecule has 3 rings (SSSR count). The molecule has 3 aromatic rings. The van der Waals surface area contributed by atoms with E-state index < -0.39 is 0 Å². The summed E-state index contributed by atoms with van der Waals surface area (Å²) in [6, 6.07) is 21.4. The van der Waals surface area contributed by atoms with Gasteiger partial charge in [0.25, 0.3) is 0 Å². The lowest BCUT2D eigenvalue weighted by Crippen LogP contribution is -2.01. The first kappa shape index (κ1) is 23.1. The molecule has 0 fully saturated rings. The van der Waals surface area contributed by atoms with E-state index in [9.17, 15) is 0 Å². The zero-order valence-electron chi connectivity index (χ0n) is 16.8. The lowest BCUT2D eigenvalue weighted by Gasteiger charge is -2.14. The van der Waals surface area contributed by atoms with Crippen LogP contribution in [0.1, 0.15) is 29.2 Å². The standard InChI is InChI=1S/C24H20BrIN2O3/c1-2-29-23-12-18(14-28-31-16-20-6-4-3-5-19(20)13-27)11-22(25)24(23)30-15-17-7-9-21(26)10-8-17/h3-12,14H,2,15-16H2,1H3/b28-14-. The van der Waals surface area contributed by atoms with Crippen LogP contribution in [0.2, 0.25) is 0 Å². The summed E-state index contributed by atoms with van der Waals surface area (Å²) in [4.78, 5) is 5.38. The van der Waals surface area contributed by atoms with Crippen molar-refractivity contribution in [1.29, 1.82) is 5.26 Å². The highest BCUT2D eigenvalue weighted by Crippen LogP contribution is 2.37. The normalized spacial score (nSPS) is 10.6. The highest BCUT2D eigenvalue weighted by Gasteiger charge is 2.12. The molecule has 0 unspecified atom stereocenters. The molecule has 0 aromatic heterocycles. The predicted octanol–water partition coefficient (Wildman–Crippen LogP) is 6.45. The molecule has 0 aliphatic heterocycles. The molecule has 7 heteroatoms. The van der Waals surface area contributed by atoms with E-state index in [0.29, 0.717) is 30.3 Å². The van der Waals surface area contributed by atoms with Gasteiger partial charge in [0.05, 0.1) is 28.9 Å². The number of nitriles is 1. The van der Waals surface area contributed by atoms with Gasteiger partial charge in [0.15, 0.2) is 11.5 Å². The van der Waals surface area contributed by atoms with E-state index >= 15 is 0 Å². The smallest absolute Gasteiger partial charge is 0.175 e. The molecule has 0 atom stereocenters. The Morgan fingerprint density at radius 1 is 1.06 bits per heavy atom. The average molecular weight is 591 g/mol. The molecular formula is C24H20BrIN2O3. The number of benzene rings is 3. The number of oxime groups is 1. The molecule has 0 saturated carbocycles. The third-order valence-electron chi connectivity index (χ3n) is 4.26. The first-order valence-corrected chi connectivity index (χ1v) is 11.4. The first-order valence-electron chi connectivity index (χ1n) is 9.57. The van der Waals surface area contributed by atoms with Crippen LogP contribution in [0.25, 0.3) is 0 Å². The minimum absolute atomic E-state index is 0.219. The quantitative estimate of drug-likeness (QED) is 0.163. The molecule has 5 nitrogen and oxygen atoms in total. The fourth-order valence-electron chi connectivity index (χ4n) is 2.76. The summed E-state index contributed by atoms with van der Waals surface area (Å²) in [6.07, 6.45) is 1.60. The summed E-state index contributed by atoms with van der Waals surface area (Å²) in [5, 5.41) is 13.2. The lowest BCUT2D eigenvalue weighted by atomic mass is 10.1. The third kappa shape index (κ3) is 6.71. The minimum Gasteiger partial charge on any atom is -0.490 e. The minimum atomic E-state index is 0.219. The number of rotatable bonds is 9. The van der Waals surface area contributed by atoms with E-state index in [1.807, 2.05) is 61.5 Å². The number of hydrogen-bond donors (Lipinski definition) is 0. The molecule has 3 aromatic carbocycles. The van der Waals surface area contributed by atoms with E-state index in [-0.39, 0.29) is 6.61 Å². The second kappa shape index (κ2) is 11.7. The van der Waals surface area contributed by atoms with Crippen LogP contribution in [0.5, 0.6) is 11.5 Å². The van der Waals surface area contributed by atoms with Crippen molar-refractivity contribution in [3.8, 4) is 17.6 Å². The van der Waals surface area contributed by atoms with Crippen molar-refractivity contribution in [2.45, 2.75) is 20.1 Å². The van der Waals surface area contributed by atoms with E-state index in [1.165, 1.54) is 3.57 Å². The van der Waals surface area contributed by atoms with Gasteiger partial charge in [-0.25, -0.2) is 0 Å². The van der Waals surface area contributed by atoms with E-state index in [0.717, 1.165) is 21.2 Å². The molecule has 0 radical (unpaired) electrons. The van der Waals surface area contributed by atoms with Crippen LogP contribution in [0.15, 0.2) is 70.3 Å². The van der Waals surface area contributed by atoms with Gasteiger partial charge >= 0.3 is 0 Å². The Kier molecular flexibility index (Phi) is 8.74. The Bertz CT molecular complexity index is 1090. The summed E-state index contributed by atoms with van der Waals surface area (Å²) in [7, 11) is 0. The van der Waals surface area contributed by atoms with Crippen LogP contribution in [0.4, 0.5) is 0 Å². The zero-order valence-corrected chi connectivity index (χ0v) is 20.6. The Morgan fingerprint density at radius 2 is 1.84 bits per heavy atom. The van der Waals surface area contributed by atoms with Gasteiger partial charge < -0.3 is 14.3 Å². The molecule has 0 heterocycles. The van der Waals surface area contributed by atoms with Gasteiger partial charge in [-0.05, 0) is 81.3 Å². The molecule has 0 spiro atoms. The van der Waals surface area contributed by atoms with E-state index in [1.54, 1.807) is 12.3 Å². The third-order valence-corrected chi connectivity index (χ3v) is 5.57. The van der Waals surface area contributed by atoms with E-state index in [2.05, 4.69) is 49.7 Å². The summed E-state index contributed by atoms with van der Waals surface area (Å²) < 4.78 is 13.8. The molecule has 158 valence electrons. The number of ether oxygens (including phenoxy) is 2. The summed E-state index contributed by atoms with van der Waals surface area (Å²) >= 11 is 5.85. The number of hydrogen-bond acceptors (Lipinski definition) is 5. The van der Waals surface area contributed by atoms with Crippen molar-refractivity contribution < 1.29 is 14.3 Å². The van der Waals surface area contributed by atoms with Gasteiger partial charge in [0, 0.05) is 14.7 Å². The highest BCUT2D eigenvalue weighted by atomic mass is 127. The number of nitrogens with zero attached hydrogens (tertiary/aromatic N) is 2. The maximum atomic E-state index is 9.14. The fourth-order valence-corrected chi connectivity index (χ4v) is 3.70. The van der Waals surface area contributed by atoms with Crippen LogP contribution in [-0.4, -0.2) is 12.8 Å². The Morgan fingerprint density at radius 3 is 2.58 bits per heavy atom. The van der Waals surface area contributed by atoms with Crippen molar-refractivity contribution >= 4 is 44.7 Å². The topological polar surface area (TPSA) is 63.8 Å². The second-order valence-electron chi connectivity index (χ2n) is 6.46. The van der Waals surface area contributed by atoms with Gasteiger partial charge in [-0.1, -0.05) is 35.5 Å². The summed E-state index contributed by atoms with van der Waals surface area (Å²) in [5.41, 5.74) is 3.24. The van der Waals surface area contributed by atoms with Crippen LogP contribution in [0, 0.1) is 14.9 Å². The molecule has 0 aliphatic rings. The Hall–Kier alpha value is -2.57. The zero-order chi connectivity index (χ0) is 22.1. The Balaban J connectivity index is 1.69. The van der Waals surface area contributed by atoms with Gasteiger partial charge in [-0.3, -0.25) is 0 Å².